The summed E-state index contributed by atoms with van der Waals surface area (Å²) < 4.78 is 5.92. The molecule has 0 N–H and O–H groups in total. The van der Waals surface area contributed by atoms with E-state index < -0.39 is 5.60 Å². The predicted octanol–water partition coefficient (Wildman–Crippen LogP) is 3.89. The minimum atomic E-state index is -0.616. The second kappa shape index (κ2) is 4.03. The molecule has 2 nitrogen and oxygen atoms in total. The van der Waals surface area contributed by atoms with Crippen molar-refractivity contribution in [2.45, 2.75) is 31.0 Å². The van der Waals surface area contributed by atoms with Gasteiger partial charge in [0.1, 0.15) is 6.10 Å². The Bertz CT molecular complexity index is 677. The molecule has 0 aromatic heterocycles. The van der Waals surface area contributed by atoms with Crippen LogP contribution in [0.3, 0.4) is 0 Å². The Labute approximate surface area is 118 Å². The molecule has 2 aromatic rings. The van der Waals surface area contributed by atoms with Crippen LogP contribution in [0.4, 0.5) is 0 Å². The molecule has 1 fully saturated rings. The molecule has 100 valence electrons. The van der Waals surface area contributed by atoms with E-state index in [-0.39, 0.29) is 11.9 Å². The highest BCUT2D eigenvalue weighted by atomic mass is 16.6. The van der Waals surface area contributed by atoms with E-state index in [1.807, 2.05) is 48.5 Å². The van der Waals surface area contributed by atoms with Crippen molar-refractivity contribution in [3.05, 3.63) is 71.3 Å². The Hall–Kier alpha value is -1.93. The van der Waals surface area contributed by atoms with Crippen LogP contribution in [0.15, 0.2) is 54.6 Å². The summed E-state index contributed by atoms with van der Waals surface area (Å²) in [4.78, 5) is 12.8. The SMILES string of the molecule is CC1CC2(OC2c2ccccc2)C(=O)c2ccccc21. The molecule has 0 bridgehead atoms. The second-order valence-electron chi connectivity index (χ2n) is 5.82. The first-order chi connectivity index (χ1) is 9.72. The number of ether oxygens (including phenoxy) is 1. The zero-order valence-electron chi connectivity index (χ0n) is 11.4. The number of fused-ring (bicyclic) bond motifs is 1. The highest BCUT2D eigenvalue weighted by Crippen LogP contribution is 2.58. The van der Waals surface area contributed by atoms with E-state index in [9.17, 15) is 4.79 Å². The summed E-state index contributed by atoms with van der Waals surface area (Å²) in [7, 11) is 0. The molecule has 0 saturated carbocycles. The van der Waals surface area contributed by atoms with Crippen molar-refractivity contribution >= 4 is 5.78 Å². The quantitative estimate of drug-likeness (QED) is 0.731. The molecule has 4 rings (SSSR count). The van der Waals surface area contributed by atoms with Crippen LogP contribution in [-0.4, -0.2) is 11.4 Å². The van der Waals surface area contributed by atoms with Gasteiger partial charge in [-0.1, -0.05) is 61.5 Å². The van der Waals surface area contributed by atoms with E-state index in [0.717, 1.165) is 23.1 Å². The van der Waals surface area contributed by atoms with Crippen LogP contribution < -0.4 is 0 Å². The van der Waals surface area contributed by atoms with Crippen LogP contribution >= 0.6 is 0 Å². The third kappa shape index (κ3) is 1.52. The fraction of sp³-hybridized carbons (Fsp3) is 0.278. The largest absolute Gasteiger partial charge is 0.352 e. The fourth-order valence-corrected chi connectivity index (χ4v) is 3.49. The summed E-state index contributed by atoms with van der Waals surface area (Å²) in [5, 5.41) is 0. The van der Waals surface area contributed by atoms with Crippen molar-refractivity contribution in [1.82, 2.24) is 0 Å². The number of epoxide rings is 1. The first-order valence-corrected chi connectivity index (χ1v) is 7.09. The van der Waals surface area contributed by atoms with Crippen molar-refractivity contribution in [1.29, 1.82) is 0 Å². The zero-order chi connectivity index (χ0) is 13.7. The van der Waals surface area contributed by atoms with Crippen LogP contribution in [0.2, 0.25) is 0 Å². The number of carbonyl (C=O) groups is 1. The summed E-state index contributed by atoms with van der Waals surface area (Å²) in [6.07, 6.45) is 0.703. The molecule has 1 spiro atoms. The second-order valence-corrected chi connectivity index (χ2v) is 5.82. The maximum absolute atomic E-state index is 12.8. The molecule has 1 saturated heterocycles. The van der Waals surface area contributed by atoms with Crippen molar-refractivity contribution in [3.8, 4) is 0 Å². The third-order valence-electron chi connectivity index (χ3n) is 4.53. The van der Waals surface area contributed by atoms with Gasteiger partial charge in [0.05, 0.1) is 0 Å². The normalized spacial score (nSPS) is 31.1. The average molecular weight is 264 g/mol. The van der Waals surface area contributed by atoms with Crippen molar-refractivity contribution < 1.29 is 9.53 Å². The molecule has 0 amide bonds. The van der Waals surface area contributed by atoms with Gasteiger partial charge in [-0.05, 0) is 23.5 Å². The minimum Gasteiger partial charge on any atom is -0.352 e. The Morgan fingerprint density at radius 2 is 1.75 bits per heavy atom. The molecule has 1 aliphatic carbocycles. The lowest BCUT2D eigenvalue weighted by Gasteiger charge is -2.26. The monoisotopic (exact) mass is 264 g/mol. The smallest absolute Gasteiger partial charge is 0.198 e. The molecule has 2 aliphatic rings. The van der Waals surface area contributed by atoms with Gasteiger partial charge in [0, 0.05) is 5.56 Å². The molecule has 2 aromatic carbocycles. The minimum absolute atomic E-state index is 0.0768. The van der Waals surface area contributed by atoms with Gasteiger partial charge < -0.3 is 4.74 Å². The van der Waals surface area contributed by atoms with Crippen molar-refractivity contribution in [2.75, 3.05) is 0 Å². The lowest BCUT2D eigenvalue weighted by molar-refractivity contribution is 0.0839. The van der Waals surface area contributed by atoms with Crippen LogP contribution in [0.1, 0.15) is 46.9 Å². The first-order valence-electron chi connectivity index (χ1n) is 7.09. The van der Waals surface area contributed by atoms with Crippen molar-refractivity contribution in [3.63, 3.8) is 0 Å². The van der Waals surface area contributed by atoms with Gasteiger partial charge >= 0.3 is 0 Å². The molecule has 1 heterocycles. The zero-order valence-corrected chi connectivity index (χ0v) is 11.4. The molecular formula is C18H16O2. The number of carbonyl (C=O) groups excluding carboxylic acids is 1. The number of ketones is 1. The van der Waals surface area contributed by atoms with Crippen LogP contribution in [-0.2, 0) is 4.74 Å². The molecule has 3 unspecified atom stereocenters. The van der Waals surface area contributed by atoms with Gasteiger partial charge in [0.25, 0.3) is 0 Å². The van der Waals surface area contributed by atoms with Crippen LogP contribution in [0.25, 0.3) is 0 Å². The highest BCUT2D eigenvalue weighted by Gasteiger charge is 2.64. The van der Waals surface area contributed by atoms with E-state index >= 15 is 0 Å². The Kier molecular flexibility index (Phi) is 2.39. The summed E-state index contributed by atoms with van der Waals surface area (Å²) in [5.41, 5.74) is 2.48. The van der Waals surface area contributed by atoms with E-state index in [2.05, 4.69) is 13.0 Å². The highest BCUT2D eigenvalue weighted by molar-refractivity contribution is 6.07. The number of benzene rings is 2. The Morgan fingerprint density at radius 1 is 1.05 bits per heavy atom. The summed E-state index contributed by atoms with van der Waals surface area (Å²) in [6.45, 7) is 2.18. The van der Waals surface area contributed by atoms with Gasteiger partial charge in [-0.25, -0.2) is 0 Å². The van der Waals surface area contributed by atoms with Gasteiger partial charge in [-0.15, -0.1) is 0 Å². The maximum atomic E-state index is 12.8. The maximum Gasteiger partial charge on any atom is 0.198 e. The van der Waals surface area contributed by atoms with E-state index in [1.54, 1.807) is 0 Å². The van der Waals surface area contributed by atoms with Gasteiger partial charge in [-0.2, -0.15) is 0 Å². The van der Waals surface area contributed by atoms with E-state index in [1.165, 1.54) is 0 Å². The van der Waals surface area contributed by atoms with Gasteiger partial charge in [0.15, 0.2) is 11.4 Å². The Morgan fingerprint density at radius 3 is 2.55 bits per heavy atom. The number of Topliss-reactive ketones (excluding diaryl/α,β-unsaturated/α-hetero) is 1. The third-order valence-corrected chi connectivity index (χ3v) is 4.53. The summed E-state index contributed by atoms with van der Waals surface area (Å²) >= 11 is 0. The average Bonchev–Trinajstić information content (AvgIpc) is 3.21. The molecule has 2 heteroatoms. The van der Waals surface area contributed by atoms with Gasteiger partial charge in [-0.3, -0.25) is 4.79 Å². The Balaban J connectivity index is 1.75. The number of hydrogen-bond acceptors (Lipinski definition) is 2. The molecule has 20 heavy (non-hydrogen) atoms. The topological polar surface area (TPSA) is 29.6 Å². The standard InChI is InChI=1S/C18H16O2/c1-12-11-18(16(19)15-10-6-5-9-14(12)15)17(20-18)13-7-3-2-4-8-13/h2-10,12,17H,11H2,1H3. The molecular weight excluding hydrogens is 248 g/mol. The lowest BCUT2D eigenvalue weighted by atomic mass is 9.74. The summed E-state index contributed by atoms with van der Waals surface area (Å²) in [5.74, 6) is 0.512. The fourth-order valence-electron chi connectivity index (χ4n) is 3.49. The predicted molar refractivity (Wildman–Crippen MR) is 76.8 cm³/mol. The molecule has 3 atom stereocenters. The van der Waals surface area contributed by atoms with E-state index in [0.29, 0.717) is 5.92 Å². The van der Waals surface area contributed by atoms with Crippen LogP contribution in [0.5, 0.6) is 0 Å². The van der Waals surface area contributed by atoms with E-state index in [4.69, 9.17) is 4.74 Å². The van der Waals surface area contributed by atoms with Crippen LogP contribution in [0, 0.1) is 0 Å². The van der Waals surface area contributed by atoms with Gasteiger partial charge in [0.2, 0.25) is 0 Å². The number of hydrogen-bond donors (Lipinski definition) is 0. The molecule has 1 aliphatic heterocycles. The molecule has 0 radical (unpaired) electrons. The first kappa shape index (κ1) is 11.9. The van der Waals surface area contributed by atoms with Crippen molar-refractivity contribution in [2.24, 2.45) is 0 Å². The summed E-state index contributed by atoms with van der Waals surface area (Å²) in [6, 6.07) is 18.0. The lowest BCUT2D eigenvalue weighted by Crippen LogP contribution is -2.33. The number of rotatable bonds is 1.